The molecule has 1 unspecified atom stereocenters. The first kappa shape index (κ1) is 32.2. The number of Topliss-reactive ketones (excluding diaryl/α,β-unsaturated/α-hetero) is 1. The van der Waals surface area contributed by atoms with E-state index in [-0.39, 0.29) is 30.1 Å². The van der Waals surface area contributed by atoms with Gasteiger partial charge in [-0.25, -0.2) is 4.79 Å². The normalized spacial score (nSPS) is 17.5. The number of aromatic nitrogens is 1. The minimum Gasteiger partial charge on any atom is -0.456 e. The van der Waals surface area contributed by atoms with Crippen LogP contribution in [-0.2, 0) is 21.4 Å². The fourth-order valence-electron chi connectivity index (χ4n) is 6.53. The second kappa shape index (κ2) is 14.3. The molecule has 1 amide bonds. The van der Waals surface area contributed by atoms with Crippen LogP contribution in [0.3, 0.4) is 0 Å². The number of esters is 1. The summed E-state index contributed by atoms with van der Waals surface area (Å²) in [4.78, 5) is 43.0. The predicted octanol–water partition coefficient (Wildman–Crippen LogP) is 8.31. The van der Waals surface area contributed by atoms with E-state index in [1.165, 1.54) is 44.1 Å². The number of ether oxygens (including phenoxy) is 1. The highest BCUT2D eigenvalue weighted by molar-refractivity contribution is 5.99. The number of hydrogen-bond donors (Lipinski definition) is 2. The molecule has 1 aliphatic rings. The molecule has 0 radical (unpaired) electrons. The molecule has 0 bridgehead atoms. The molecule has 1 aromatic heterocycles. The Kier molecular flexibility index (Phi) is 10.2. The quantitative estimate of drug-likeness (QED) is 0.133. The zero-order valence-electron chi connectivity index (χ0n) is 27.0. The van der Waals surface area contributed by atoms with Crippen molar-refractivity contribution in [1.82, 2.24) is 10.3 Å². The Hall–Kier alpha value is -4.19. The SMILES string of the molecule is CCCC1CCC(c2ccc(C(=O)COC(=O)C(Cc3c[nH]c4ccccc34)NC(=O)c3ccc(C(C)(C)C)cc3)cc2)CC1. The molecular weight excluding hydrogens is 560 g/mol. The molecule has 4 aromatic rings. The maximum Gasteiger partial charge on any atom is 0.329 e. The number of H-pyrrole nitrogens is 1. The van der Waals surface area contributed by atoms with Crippen molar-refractivity contribution in [1.29, 1.82) is 0 Å². The molecule has 1 aliphatic carbocycles. The fraction of sp³-hybridized carbons (Fsp3) is 0.410. The molecule has 5 rings (SSSR count). The van der Waals surface area contributed by atoms with Crippen LogP contribution in [0.2, 0.25) is 0 Å². The zero-order chi connectivity index (χ0) is 32.0. The van der Waals surface area contributed by atoms with Gasteiger partial charge in [-0.05, 0) is 77.8 Å². The fourth-order valence-corrected chi connectivity index (χ4v) is 6.53. The summed E-state index contributed by atoms with van der Waals surface area (Å²) in [7, 11) is 0. The lowest BCUT2D eigenvalue weighted by molar-refractivity contribution is -0.144. The van der Waals surface area contributed by atoms with E-state index in [1.807, 2.05) is 66.9 Å². The molecule has 236 valence electrons. The monoisotopic (exact) mass is 606 g/mol. The van der Waals surface area contributed by atoms with Gasteiger partial charge in [0, 0.05) is 34.6 Å². The first-order chi connectivity index (χ1) is 21.6. The summed E-state index contributed by atoms with van der Waals surface area (Å²) in [6, 6.07) is 22.0. The number of benzene rings is 3. The Morgan fingerprint density at radius 1 is 0.889 bits per heavy atom. The first-order valence-electron chi connectivity index (χ1n) is 16.4. The smallest absolute Gasteiger partial charge is 0.329 e. The third kappa shape index (κ3) is 8.10. The van der Waals surface area contributed by atoms with E-state index in [0.717, 1.165) is 27.9 Å². The first-order valence-corrected chi connectivity index (χ1v) is 16.4. The number of carbonyl (C=O) groups excluding carboxylic acids is 3. The largest absolute Gasteiger partial charge is 0.456 e. The molecular formula is C39H46N2O4. The van der Waals surface area contributed by atoms with Gasteiger partial charge in [0.05, 0.1) is 0 Å². The molecule has 6 heteroatoms. The van der Waals surface area contributed by atoms with Gasteiger partial charge in [0.15, 0.2) is 12.4 Å². The molecule has 3 aromatic carbocycles. The molecule has 1 fully saturated rings. The van der Waals surface area contributed by atoms with Crippen LogP contribution in [0.15, 0.2) is 79.0 Å². The zero-order valence-corrected chi connectivity index (χ0v) is 27.0. The van der Waals surface area contributed by atoms with E-state index in [1.54, 1.807) is 12.1 Å². The minimum atomic E-state index is -0.975. The summed E-state index contributed by atoms with van der Waals surface area (Å²) in [5.74, 6) is 0.104. The third-order valence-corrected chi connectivity index (χ3v) is 9.30. The second-order valence-electron chi connectivity index (χ2n) is 13.6. The number of carbonyl (C=O) groups is 3. The van der Waals surface area contributed by atoms with Crippen molar-refractivity contribution in [3.63, 3.8) is 0 Å². The predicted molar refractivity (Wildman–Crippen MR) is 180 cm³/mol. The lowest BCUT2D eigenvalue weighted by Gasteiger charge is -2.28. The standard InChI is InChI=1S/C39H46N2O4/c1-5-8-26-11-13-27(14-12-26)28-15-17-29(18-16-28)36(42)25-45-38(44)35(23-31-24-40-34-10-7-6-9-33(31)34)41-37(43)30-19-21-32(22-20-30)39(2,3)4/h6-7,9-10,15-22,24,26-27,35,40H,5,8,11-14,23,25H2,1-4H3,(H,41,43). The molecule has 0 spiro atoms. The van der Waals surface area contributed by atoms with Crippen LogP contribution in [0.25, 0.3) is 10.9 Å². The number of nitrogens with one attached hydrogen (secondary N) is 2. The van der Waals surface area contributed by atoms with Crippen molar-refractivity contribution in [2.45, 2.75) is 90.0 Å². The van der Waals surface area contributed by atoms with Gasteiger partial charge in [-0.2, -0.15) is 0 Å². The van der Waals surface area contributed by atoms with Gasteiger partial charge in [-0.15, -0.1) is 0 Å². The average molecular weight is 607 g/mol. The number of ketones is 1. The Morgan fingerprint density at radius 2 is 1.56 bits per heavy atom. The molecule has 2 N–H and O–H groups in total. The van der Waals surface area contributed by atoms with Gasteiger partial charge in [0.2, 0.25) is 0 Å². The third-order valence-electron chi connectivity index (χ3n) is 9.30. The van der Waals surface area contributed by atoms with Gasteiger partial charge in [0.1, 0.15) is 6.04 Å². The molecule has 45 heavy (non-hydrogen) atoms. The van der Waals surface area contributed by atoms with Crippen molar-refractivity contribution in [3.05, 3.63) is 107 Å². The van der Waals surface area contributed by atoms with Gasteiger partial charge in [-0.1, -0.05) is 95.1 Å². The van der Waals surface area contributed by atoms with E-state index in [4.69, 9.17) is 4.74 Å². The molecule has 1 atom stereocenters. The lowest BCUT2D eigenvalue weighted by Crippen LogP contribution is -2.43. The van der Waals surface area contributed by atoms with Crippen molar-refractivity contribution < 1.29 is 19.1 Å². The van der Waals surface area contributed by atoms with Crippen molar-refractivity contribution >= 4 is 28.6 Å². The number of hydrogen-bond acceptors (Lipinski definition) is 4. The maximum atomic E-state index is 13.4. The molecule has 6 nitrogen and oxygen atoms in total. The van der Waals surface area contributed by atoms with Crippen LogP contribution in [0.4, 0.5) is 0 Å². The average Bonchev–Trinajstić information content (AvgIpc) is 3.46. The summed E-state index contributed by atoms with van der Waals surface area (Å²) in [5, 5.41) is 3.84. The molecule has 1 heterocycles. The summed E-state index contributed by atoms with van der Waals surface area (Å²) in [5.41, 5.74) is 5.13. The van der Waals surface area contributed by atoms with E-state index < -0.39 is 12.0 Å². The highest BCUT2D eigenvalue weighted by Gasteiger charge is 2.26. The highest BCUT2D eigenvalue weighted by Crippen LogP contribution is 2.37. The number of amides is 1. The number of aromatic amines is 1. The Morgan fingerprint density at radius 3 is 2.22 bits per heavy atom. The number of fused-ring (bicyclic) bond motifs is 1. The summed E-state index contributed by atoms with van der Waals surface area (Å²) >= 11 is 0. The summed E-state index contributed by atoms with van der Waals surface area (Å²) in [6.45, 7) is 8.21. The van der Waals surface area contributed by atoms with E-state index in [0.29, 0.717) is 17.0 Å². The van der Waals surface area contributed by atoms with Gasteiger partial charge >= 0.3 is 5.97 Å². The van der Waals surface area contributed by atoms with Crippen LogP contribution < -0.4 is 5.32 Å². The van der Waals surface area contributed by atoms with Gasteiger partial charge in [-0.3, -0.25) is 9.59 Å². The van der Waals surface area contributed by atoms with Crippen LogP contribution in [0, 0.1) is 5.92 Å². The molecule has 0 aliphatic heterocycles. The Labute approximate surface area is 267 Å². The molecule has 0 saturated heterocycles. The second-order valence-corrected chi connectivity index (χ2v) is 13.6. The van der Waals surface area contributed by atoms with Crippen LogP contribution in [-0.4, -0.2) is 35.3 Å². The van der Waals surface area contributed by atoms with Gasteiger partial charge in [0.25, 0.3) is 5.91 Å². The van der Waals surface area contributed by atoms with E-state index in [2.05, 4.69) is 38.0 Å². The summed E-state index contributed by atoms with van der Waals surface area (Å²) < 4.78 is 5.55. The maximum absolute atomic E-state index is 13.4. The van der Waals surface area contributed by atoms with Gasteiger partial charge < -0.3 is 15.0 Å². The van der Waals surface area contributed by atoms with Crippen molar-refractivity contribution in [2.24, 2.45) is 5.92 Å². The lowest BCUT2D eigenvalue weighted by atomic mass is 9.77. The van der Waals surface area contributed by atoms with Crippen LogP contribution in [0.1, 0.15) is 110 Å². The van der Waals surface area contributed by atoms with Crippen molar-refractivity contribution in [2.75, 3.05) is 6.61 Å². The van der Waals surface area contributed by atoms with E-state index >= 15 is 0 Å². The minimum absolute atomic E-state index is 0.0443. The summed E-state index contributed by atoms with van der Waals surface area (Å²) in [6.07, 6.45) is 9.56. The molecule has 1 saturated carbocycles. The highest BCUT2D eigenvalue weighted by atomic mass is 16.5. The van der Waals surface area contributed by atoms with E-state index in [9.17, 15) is 14.4 Å². The van der Waals surface area contributed by atoms with Crippen LogP contribution in [0.5, 0.6) is 0 Å². The number of para-hydroxylation sites is 1. The topological polar surface area (TPSA) is 88.3 Å². The van der Waals surface area contributed by atoms with Crippen LogP contribution >= 0.6 is 0 Å². The number of rotatable bonds is 11. The Balaban J connectivity index is 1.24. The Bertz CT molecular complexity index is 1600. The van der Waals surface area contributed by atoms with Crippen molar-refractivity contribution in [3.8, 4) is 0 Å².